The number of nitrogens with zero attached hydrogens (tertiary/aromatic N) is 1. The number of hydrogen-bond donors (Lipinski definition) is 0. The van der Waals surface area contributed by atoms with Gasteiger partial charge in [0.05, 0.1) is 5.56 Å². The van der Waals surface area contributed by atoms with E-state index in [1.54, 1.807) is 6.07 Å². The van der Waals surface area contributed by atoms with E-state index >= 15 is 0 Å². The van der Waals surface area contributed by atoms with Crippen LogP contribution in [0.25, 0.3) is 0 Å². The molecule has 1 heterocycles. The van der Waals surface area contributed by atoms with Crippen LogP contribution in [-0.4, -0.2) is 25.0 Å². The van der Waals surface area contributed by atoms with E-state index in [1.165, 1.54) is 18.2 Å². The zero-order valence-electron chi connectivity index (χ0n) is 7.78. The molecule has 0 aliphatic carbocycles. The molecule has 1 aromatic carbocycles. The predicted octanol–water partition coefficient (Wildman–Crippen LogP) is -0.0500. The zero-order chi connectivity index (χ0) is 12.3. The van der Waals surface area contributed by atoms with Gasteiger partial charge in [-0.1, -0.05) is 12.1 Å². The van der Waals surface area contributed by atoms with E-state index in [0.717, 1.165) is 0 Å². The Morgan fingerprint density at radius 2 is 1.81 bits per heavy atom. The number of benzene rings is 1. The van der Waals surface area contributed by atoms with Gasteiger partial charge in [-0.2, -0.15) is 4.31 Å². The van der Waals surface area contributed by atoms with E-state index < -0.39 is 15.9 Å². The molecule has 0 radical (unpaired) electrons. The van der Waals surface area contributed by atoms with Crippen LogP contribution in [0, 0.1) is 6.65 Å². The van der Waals surface area contributed by atoms with E-state index in [4.69, 9.17) is 4.65 Å². The molecule has 0 atom stereocenters. The maximum absolute atomic E-state index is 11.5. The van der Waals surface area contributed by atoms with Crippen molar-refractivity contribution in [3.8, 4) is 0 Å². The fourth-order valence-electron chi connectivity index (χ4n) is 1.31. The Kier molecular flexibility index (Phi) is 3.24. The Balaban J connectivity index is 0.000000606. The van der Waals surface area contributed by atoms with E-state index in [2.05, 4.69) is 6.65 Å². The van der Waals surface area contributed by atoms with Gasteiger partial charge in [-0.15, -0.1) is 0 Å². The van der Waals surface area contributed by atoms with Crippen molar-refractivity contribution in [1.29, 1.82) is 0 Å². The third-order valence-corrected chi connectivity index (χ3v) is 3.63. The number of imide groups is 1. The topological polar surface area (TPSA) is 91.4 Å². The summed E-state index contributed by atoms with van der Waals surface area (Å²) in [4.78, 5) is 21.7. The molecule has 16 heavy (non-hydrogen) atoms. The van der Waals surface area contributed by atoms with Gasteiger partial charge in [-0.25, -0.2) is 8.42 Å². The molecule has 2 amide bonds. The zero-order valence-corrected chi connectivity index (χ0v) is 8.60. The molecule has 0 saturated carbocycles. The summed E-state index contributed by atoms with van der Waals surface area (Å²) in [7, 11) is -3.93. The normalized spacial score (nSPS) is 15.9. The summed E-state index contributed by atoms with van der Waals surface area (Å²) in [5, 5.41) is 0. The third kappa shape index (κ3) is 1.53. The summed E-state index contributed by atoms with van der Waals surface area (Å²) >= 11 is 0. The number of carbonyl (C=O) groups excluding carboxylic acids is 2. The third-order valence-electron chi connectivity index (χ3n) is 1.95. The molecule has 82 valence electrons. The summed E-state index contributed by atoms with van der Waals surface area (Å²) in [5.41, 5.74) is 0.0413. The second kappa shape index (κ2) is 4.28. The van der Waals surface area contributed by atoms with Gasteiger partial charge in [-0.3, -0.25) is 9.59 Å². The number of rotatable bonds is 1. The van der Waals surface area contributed by atoms with E-state index in [9.17, 15) is 18.0 Å². The van der Waals surface area contributed by atoms with Gasteiger partial charge >= 0.3 is 11.3 Å². The average molecular weight is 239 g/mol. The molecule has 0 saturated heterocycles. The Bertz CT molecular complexity index is 560. The Morgan fingerprint density at radius 3 is 2.31 bits per heavy atom. The average Bonchev–Trinajstić information content (AvgIpc) is 2.50. The molecule has 0 N–H and O–H groups in total. The number of sulfonamides is 1. The molecule has 7 heteroatoms. The molecule has 0 aromatic heterocycles. The van der Waals surface area contributed by atoms with Crippen LogP contribution in [0.2, 0.25) is 0 Å². The van der Waals surface area contributed by atoms with Crippen LogP contribution in [0.1, 0.15) is 10.4 Å². The van der Waals surface area contributed by atoms with E-state index in [1.807, 2.05) is 0 Å². The van der Waals surface area contributed by atoms with Crippen molar-refractivity contribution in [2.45, 2.75) is 4.90 Å². The van der Waals surface area contributed by atoms with Crippen LogP contribution in [0.3, 0.4) is 0 Å². The van der Waals surface area contributed by atoms with Crippen LogP contribution < -0.4 is 0 Å². The molecule has 1 aromatic rings. The van der Waals surface area contributed by atoms with Gasteiger partial charge in [0.15, 0.2) is 0 Å². The van der Waals surface area contributed by atoms with Crippen molar-refractivity contribution in [3.63, 3.8) is 0 Å². The summed E-state index contributed by atoms with van der Waals surface area (Å²) in [6.07, 6.45) is 0.0116. The second-order valence-electron chi connectivity index (χ2n) is 2.71. The van der Waals surface area contributed by atoms with Crippen LogP contribution in [0.4, 0.5) is 0 Å². The Hall–Kier alpha value is -1.95. The quantitative estimate of drug-likeness (QED) is 0.390. The van der Waals surface area contributed by atoms with Crippen molar-refractivity contribution in [2.24, 2.45) is 0 Å². The van der Waals surface area contributed by atoms with Crippen molar-refractivity contribution >= 4 is 22.3 Å². The standard InChI is InChI=1S/C8H5NO4S.CO/c10-5-9-8(11)6-3-1-2-4-7(6)14(9,12)13;1-2/h1-5H;. The van der Waals surface area contributed by atoms with E-state index in [0.29, 0.717) is 0 Å². The first-order valence-corrected chi connectivity index (χ1v) is 5.36. The van der Waals surface area contributed by atoms with Crippen LogP contribution >= 0.6 is 0 Å². The number of fused-ring (bicyclic) bond motifs is 1. The number of carbonyl (C=O) groups is 2. The molecule has 0 bridgehead atoms. The first-order chi connectivity index (χ1) is 7.59. The fourth-order valence-corrected chi connectivity index (χ4v) is 2.63. The minimum absolute atomic E-state index is 0.0116. The fraction of sp³-hybridized carbons (Fsp3) is 0. The van der Waals surface area contributed by atoms with Gasteiger partial charge < -0.3 is 0 Å². The van der Waals surface area contributed by atoms with Crippen LogP contribution in [-0.2, 0) is 19.5 Å². The molecule has 6 nitrogen and oxygen atoms in total. The van der Waals surface area contributed by atoms with Crippen LogP contribution in [0.15, 0.2) is 29.2 Å². The first kappa shape index (κ1) is 12.1. The van der Waals surface area contributed by atoms with Crippen molar-refractivity contribution < 1.29 is 22.7 Å². The Labute approximate surface area is 91.3 Å². The molecular weight excluding hydrogens is 234 g/mol. The molecule has 0 unspecified atom stereocenters. The van der Waals surface area contributed by atoms with Crippen molar-refractivity contribution in [1.82, 2.24) is 4.31 Å². The van der Waals surface area contributed by atoms with Crippen molar-refractivity contribution in [3.05, 3.63) is 36.5 Å². The van der Waals surface area contributed by atoms with Gasteiger partial charge in [0.2, 0.25) is 6.41 Å². The van der Waals surface area contributed by atoms with Crippen molar-refractivity contribution in [2.75, 3.05) is 0 Å². The monoisotopic (exact) mass is 239 g/mol. The summed E-state index contributed by atoms with van der Waals surface area (Å²) < 4.78 is 30.7. The molecule has 1 aliphatic rings. The Morgan fingerprint density at radius 1 is 1.25 bits per heavy atom. The molecule has 0 fully saturated rings. The van der Waals surface area contributed by atoms with Gasteiger partial charge in [0, 0.05) is 0 Å². The number of hydrogen-bond acceptors (Lipinski definition) is 4. The van der Waals surface area contributed by atoms with Crippen LogP contribution in [0.5, 0.6) is 0 Å². The SMILES string of the molecule is O=CN1C(=O)c2ccccc2S1(=O)=O.[C-]#[O+]. The minimum atomic E-state index is -3.93. The number of amides is 2. The van der Waals surface area contributed by atoms with Gasteiger partial charge in [0.25, 0.3) is 15.9 Å². The van der Waals surface area contributed by atoms with E-state index in [-0.39, 0.29) is 21.2 Å². The molecular formula is C9H5NO5S. The molecule has 2 rings (SSSR count). The summed E-state index contributed by atoms with van der Waals surface area (Å²) in [6.45, 7) is 4.50. The summed E-state index contributed by atoms with van der Waals surface area (Å²) in [5.74, 6) is -0.796. The maximum atomic E-state index is 11.5. The molecule has 0 spiro atoms. The van der Waals surface area contributed by atoms with Gasteiger partial charge in [-0.05, 0) is 12.1 Å². The molecule has 1 aliphatic heterocycles. The first-order valence-electron chi connectivity index (χ1n) is 3.92. The second-order valence-corrected chi connectivity index (χ2v) is 4.49. The predicted molar refractivity (Wildman–Crippen MR) is 49.8 cm³/mol. The van der Waals surface area contributed by atoms with Gasteiger partial charge in [0.1, 0.15) is 4.90 Å². The summed E-state index contributed by atoms with van der Waals surface area (Å²) in [6, 6.07) is 5.71.